The quantitative estimate of drug-likeness (QED) is 0.539. The van der Waals surface area contributed by atoms with Crippen LogP contribution in [0.4, 0.5) is 5.82 Å². The van der Waals surface area contributed by atoms with Crippen molar-refractivity contribution in [2.24, 2.45) is 7.05 Å². The molecule has 0 aliphatic rings. The van der Waals surface area contributed by atoms with Crippen LogP contribution in [0.2, 0.25) is 0 Å². The van der Waals surface area contributed by atoms with Gasteiger partial charge in [-0.25, -0.2) is 4.98 Å². The zero-order valence-corrected chi connectivity index (χ0v) is 8.28. The molecule has 0 saturated heterocycles. The van der Waals surface area contributed by atoms with Gasteiger partial charge in [-0.05, 0) is 16.8 Å². The summed E-state index contributed by atoms with van der Waals surface area (Å²) in [4.78, 5) is 18.0. The molecule has 0 saturated carbocycles. The van der Waals surface area contributed by atoms with Gasteiger partial charge in [0.05, 0.1) is 0 Å². The molecular formula is C8H9N5O2. The van der Waals surface area contributed by atoms with E-state index >= 15 is 0 Å². The smallest absolute Gasteiger partial charge is 0.358 e. The maximum atomic E-state index is 10.7. The summed E-state index contributed by atoms with van der Waals surface area (Å²) in [5.41, 5.74) is 0. The van der Waals surface area contributed by atoms with Crippen molar-refractivity contribution in [3.8, 4) is 5.82 Å². The molecule has 0 unspecified atom stereocenters. The molecule has 0 atom stereocenters. The van der Waals surface area contributed by atoms with Crippen LogP contribution in [0.5, 0.6) is 0 Å². The van der Waals surface area contributed by atoms with Crippen molar-refractivity contribution in [2.75, 3.05) is 0 Å². The number of nitro groups is 1. The number of nitrogens with zero attached hydrogens (tertiary/aromatic N) is 5. The van der Waals surface area contributed by atoms with Gasteiger partial charge in [-0.15, -0.1) is 0 Å². The van der Waals surface area contributed by atoms with Gasteiger partial charge in [0, 0.05) is 19.4 Å². The molecule has 2 aromatic heterocycles. The van der Waals surface area contributed by atoms with Crippen molar-refractivity contribution in [1.29, 1.82) is 0 Å². The monoisotopic (exact) mass is 207 g/mol. The minimum absolute atomic E-state index is 0.168. The minimum atomic E-state index is -0.505. The number of hydrogen-bond acceptors (Lipinski definition) is 4. The van der Waals surface area contributed by atoms with E-state index in [1.165, 1.54) is 6.33 Å². The van der Waals surface area contributed by atoms with E-state index in [9.17, 15) is 10.1 Å². The zero-order chi connectivity index (χ0) is 11.0. The Morgan fingerprint density at radius 3 is 2.73 bits per heavy atom. The number of rotatable bonds is 2. The van der Waals surface area contributed by atoms with E-state index in [1.807, 2.05) is 0 Å². The maximum Gasteiger partial charge on any atom is 0.407 e. The molecule has 0 bridgehead atoms. The van der Waals surface area contributed by atoms with Crippen LogP contribution in [-0.2, 0) is 7.05 Å². The van der Waals surface area contributed by atoms with E-state index in [1.54, 1.807) is 35.5 Å². The molecule has 0 spiro atoms. The van der Waals surface area contributed by atoms with E-state index in [0.29, 0.717) is 11.6 Å². The lowest BCUT2D eigenvalue weighted by molar-refractivity contribution is -0.389. The SMILES string of the molecule is Cc1nccn1-c1c([N+](=O)[O-])ncn1C. The molecule has 0 radical (unpaired) electrons. The second-order valence-corrected chi connectivity index (χ2v) is 3.10. The van der Waals surface area contributed by atoms with E-state index in [0.717, 1.165) is 0 Å². The topological polar surface area (TPSA) is 78.8 Å². The lowest BCUT2D eigenvalue weighted by Gasteiger charge is -2.03. The van der Waals surface area contributed by atoms with Crippen LogP contribution in [0, 0.1) is 17.0 Å². The third-order valence-corrected chi connectivity index (χ3v) is 2.11. The van der Waals surface area contributed by atoms with Gasteiger partial charge in [-0.3, -0.25) is 9.13 Å². The van der Waals surface area contributed by atoms with Crippen molar-refractivity contribution in [3.63, 3.8) is 0 Å². The molecular weight excluding hydrogens is 198 g/mol. The molecule has 0 amide bonds. The highest BCUT2D eigenvalue weighted by molar-refractivity contribution is 5.42. The largest absolute Gasteiger partial charge is 0.407 e. The van der Waals surface area contributed by atoms with E-state index in [-0.39, 0.29) is 5.82 Å². The Balaban J connectivity index is 2.66. The fourth-order valence-electron chi connectivity index (χ4n) is 1.42. The van der Waals surface area contributed by atoms with Crippen LogP contribution in [0.25, 0.3) is 5.82 Å². The van der Waals surface area contributed by atoms with Gasteiger partial charge < -0.3 is 10.1 Å². The van der Waals surface area contributed by atoms with Gasteiger partial charge in [-0.2, -0.15) is 0 Å². The number of imidazole rings is 2. The lowest BCUT2D eigenvalue weighted by atomic mass is 10.5. The molecule has 2 aromatic rings. The third kappa shape index (κ3) is 1.37. The Kier molecular flexibility index (Phi) is 2.00. The predicted molar refractivity (Wildman–Crippen MR) is 51.7 cm³/mol. The molecule has 78 valence electrons. The second-order valence-electron chi connectivity index (χ2n) is 3.10. The first kappa shape index (κ1) is 9.38. The summed E-state index contributed by atoms with van der Waals surface area (Å²) in [6, 6.07) is 0. The van der Waals surface area contributed by atoms with Gasteiger partial charge in [-0.1, -0.05) is 0 Å². The van der Waals surface area contributed by atoms with Crippen molar-refractivity contribution in [1.82, 2.24) is 19.1 Å². The van der Waals surface area contributed by atoms with Crippen LogP contribution >= 0.6 is 0 Å². The van der Waals surface area contributed by atoms with Gasteiger partial charge in [0.15, 0.2) is 0 Å². The fourth-order valence-corrected chi connectivity index (χ4v) is 1.42. The Labute approximate surface area is 85.1 Å². The summed E-state index contributed by atoms with van der Waals surface area (Å²) in [5, 5.41) is 10.7. The number of aromatic nitrogens is 4. The van der Waals surface area contributed by atoms with Crippen molar-refractivity contribution < 1.29 is 4.92 Å². The Morgan fingerprint density at radius 2 is 2.20 bits per heavy atom. The molecule has 0 aliphatic heterocycles. The Hall–Kier alpha value is -2.18. The first-order valence-electron chi connectivity index (χ1n) is 4.27. The standard InChI is InChI=1S/C8H9N5O2/c1-6-9-3-4-12(6)8-7(13(14)15)10-5-11(8)2/h3-5H,1-2H3. The Bertz CT molecular complexity index is 513. The van der Waals surface area contributed by atoms with E-state index < -0.39 is 4.92 Å². The summed E-state index contributed by atoms with van der Waals surface area (Å²) in [6.45, 7) is 1.77. The number of hydrogen-bond donors (Lipinski definition) is 0. The van der Waals surface area contributed by atoms with Crippen LogP contribution in [-0.4, -0.2) is 24.0 Å². The highest BCUT2D eigenvalue weighted by atomic mass is 16.6. The van der Waals surface area contributed by atoms with Gasteiger partial charge in [0.25, 0.3) is 0 Å². The maximum absolute atomic E-state index is 10.7. The first-order valence-corrected chi connectivity index (χ1v) is 4.27. The van der Waals surface area contributed by atoms with E-state index in [2.05, 4.69) is 9.97 Å². The molecule has 2 heterocycles. The molecule has 0 N–H and O–H groups in total. The second kappa shape index (κ2) is 3.19. The average Bonchev–Trinajstić information content (AvgIpc) is 2.71. The van der Waals surface area contributed by atoms with Crippen LogP contribution < -0.4 is 0 Å². The first-order chi connectivity index (χ1) is 7.11. The number of aryl methyl sites for hydroxylation is 2. The zero-order valence-electron chi connectivity index (χ0n) is 8.28. The van der Waals surface area contributed by atoms with Crippen molar-refractivity contribution in [3.05, 3.63) is 34.7 Å². The summed E-state index contributed by atoms with van der Waals surface area (Å²) in [7, 11) is 1.70. The minimum Gasteiger partial charge on any atom is -0.358 e. The van der Waals surface area contributed by atoms with Crippen molar-refractivity contribution >= 4 is 5.82 Å². The van der Waals surface area contributed by atoms with Gasteiger partial charge >= 0.3 is 5.82 Å². The van der Waals surface area contributed by atoms with Crippen LogP contribution in [0.1, 0.15) is 5.82 Å². The molecule has 7 heteroatoms. The molecule has 15 heavy (non-hydrogen) atoms. The molecule has 0 aliphatic carbocycles. The average molecular weight is 207 g/mol. The van der Waals surface area contributed by atoms with E-state index in [4.69, 9.17) is 0 Å². The fraction of sp³-hybridized carbons (Fsp3) is 0.250. The lowest BCUT2D eigenvalue weighted by Crippen LogP contribution is -2.05. The molecule has 0 fully saturated rings. The Morgan fingerprint density at radius 1 is 1.47 bits per heavy atom. The van der Waals surface area contributed by atoms with Gasteiger partial charge in [0.2, 0.25) is 12.1 Å². The molecule has 2 rings (SSSR count). The van der Waals surface area contributed by atoms with Crippen LogP contribution in [0.3, 0.4) is 0 Å². The highest BCUT2D eigenvalue weighted by Crippen LogP contribution is 2.20. The summed E-state index contributed by atoms with van der Waals surface area (Å²) in [6.07, 6.45) is 4.66. The normalized spacial score (nSPS) is 10.5. The van der Waals surface area contributed by atoms with Gasteiger partial charge in [0.1, 0.15) is 5.82 Å². The summed E-state index contributed by atoms with van der Waals surface area (Å²) in [5.74, 6) is 0.926. The predicted octanol–water partition coefficient (Wildman–Crippen LogP) is 0.822. The summed E-state index contributed by atoms with van der Waals surface area (Å²) < 4.78 is 3.22. The molecule has 7 nitrogen and oxygen atoms in total. The summed E-state index contributed by atoms with van der Waals surface area (Å²) >= 11 is 0. The van der Waals surface area contributed by atoms with Crippen molar-refractivity contribution in [2.45, 2.75) is 6.92 Å². The van der Waals surface area contributed by atoms with Crippen LogP contribution in [0.15, 0.2) is 18.7 Å². The molecule has 0 aromatic carbocycles. The highest BCUT2D eigenvalue weighted by Gasteiger charge is 2.22. The third-order valence-electron chi connectivity index (χ3n) is 2.11.